The van der Waals surface area contributed by atoms with Gasteiger partial charge in [-0.25, -0.2) is 9.59 Å². The van der Waals surface area contributed by atoms with Gasteiger partial charge in [0.2, 0.25) is 0 Å². The molecule has 0 spiro atoms. The predicted molar refractivity (Wildman–Crippen MR) is 118 cm³/mol. The zero-order valence-electron chi connectivity index (χ0n) is 18.0. The molecule has 1 saturated heterocycles. The molecule has 2 aromatic rings. The lowest BCUT2D eigenvalue weighted by molar-refractivity contribution is -0.142. The van der Waals surface area contributed by atoms with Crippen LogP contribution in [0.5, 0.6) is 0 Å². The smallest absolute Gasteiger partial charge is 0.407 e. The van der Waals surface area contributed by atoms with Gasteiger partial charge < -0.3 is 30.0 Å². The standard InChI is InChI=1S/C24H26N2O7/c27-21(28)14-31-12-10-25-23(29)22-20(9-11-32-22)26-24(30)33-13-19-17-7-3-1-5-15(17)16-6-2-4-8-18(16)19/h1-8,19-20,22H,9-14H2,(H,25,29)(H,26,30)(H,27,28)/t20-,22+/m0/s1. The van der Waals surface area contributed by atoms with Crippen molar-refractivity contribution in [2.45, 2.75) is 24.5 Å². The minimum atomic E-state index is -1.08. The zero-order chi connectivity index (χ0) is 23.2. The fourth-order valence-corrected chi connectivity index (χ4v) is 4.29. The van der Waals surface area contributed by atoms with Crippen molar-refractivity contribution in [1.82, 2.24) is 10.6 Å². The molecule has 0 aromatic heterocycles. The number of hydrogen-bond acceptors (Lipinski definition) is 6. The van der Waals surface area contributed by atoms with Gasteiger partial charge >= 0.3 is 12.1 Å². The number of carboxylic acid groups (broad SMARTS) is 1. The van der Waals surface area contributed by atoms with Crippen LogP contribution >= 0.6 is 0 Å². The minimum absolute atomic E-state index is 0.0483. The Morgan fingerprint density at radius 2 is 1.70 bits per heavy atom. The maximum atomic E-state index is 12.5. The molecule has 4 rings (SSSR count). The Labute approximate surface area is 191 Å². The number of carboxylic acids is 1. The fraction of sp³-hybridized carbons (Fsp3) is 0.375. The lowest BCUT2D eigenvalue weighted by atomic mass is 9.98. The highest BCUT2D eigenvalue weighted by molar-refractivity contribution is 5.83. The number of carbonyl (C=O) groups is 3. The van der Waals surface area contributed by atoms with Crippen molar-refractivity contribution >= 4 is 18.0 Å². The molecule has 0 bridgehead atoms. The molecule has 0 unspecified atom stereocenters. The predicted octanol–water partition coefficient (Wildman–Crippen LogP) is 1.90. The highest BCUT2D eigenvalue weighted by Crippen LogP contribution is 2.44. The highest BCUT2D eigenvalue weighted by Gasteiger charge is 2.36. The molecule has 2 atom stereocenters. The van der Waals surface area contributed by atoms with E-state index in [4.69, 9.17) is 19.3 Å². The largest absolute Gasteiger partial charge is 0.480 e. The maximum absolute atomic E-state index is 12.5. The summed E-state index contributed by atoms with van der Waals surface area (Å²) in [7, 11) is 0. The van der Waals surface area contributed by atoms with E-state index in [-0.39, 0.29) is 25.7 Å². The van der Waals surface area contributed by atoms with E-state index in [1.165, 1.54) is 0 Å². The molecular formula is C24H26N2O7. The summed E-state index contributed by atoms with van der Waals surface area (Å²) >= 11 is 0. The van der Waals surface area contributed by atoms with E-state index in [1.807, 2.05) is 36.4 Å². The molecule has 174 valence electrons. The van der Waals surface area contributed by atoms with Crippen LogP contribution < -0.4 is 10.6 Å². The van der Waals surface area contributed by atoms with E-state index in [9.17, 15) is 14.4 Å². The summed E-state index contributed by atoms with van der Waals surface area (Å²) in [4.78, 5) is 35.3. The number of alkyl carbamates (subject to hydrolysis) is 1. The molecule has 3 N–H and O–H groups in total. The average molecular weight is 454 g/mol. The quantitative estimate of drug-likeness (QED) is 0.495. The van der Waals surface area contributed by atoms with Gasteiger partial charge in [-0.3, -0.25) is 4.79 Å². The molecule has 9 heteroatoms. The molecule has 2 aliphatic rings. The van der Waals surface area contributed by atoms with Crippen LogP contribution in [0.15, 0.2) is 48.5 Å². The van der Waals surface area contributed by atoms with Gasteiger partial charge in [0.1, 0.15) is 13.2 Å². The third-order valence-electron chi connectivity index (χ3n) is 5.77. The lowest BCUT2D eigenvalue weighted by Gasteiger charge is -2.20. The molecule has 2 amide bonds. The normalized spacial score (nSPS) is 18.9. The van der Waals surface area contributed by atoms with Crippen LogP contribution in [0.25, 0.3) is 11.1 Å². The van der Waals surface area contributed by atoms with Crippen molar-refractivity contribution in [3.8, 4) is 11.1 Å². The Morgan fingerprint density at radius 3 is 2.36 bits per heavy atom. The first-order chi connectivity index (χ1) is 16.0. The second-order valence-corrected chi connectivity index (χ2v) is 7.89. The van der Waals surface area contributed by atoms with Crippen molar-refractivity contribution < 1.29 is 33.7 Å². The topological polar surface area (TPSA) is 123 Å². The third kappa shape index (κ3) is 5.32. The van der Waals surface area contributed by atoms with Crippen molar-refractivity contribution in [2.75, 3.05) is 33.0 Å². The number of amides is 2. The summed E-state index contributed by atoms with van der Waals surface area (Å²) in [6.07, 6.45) is -0.961. The molecule has 0 saturated carbocycles. The number of carbonyl (C=O) groups excluding carboxylic acids is 2. The van der Waals surface area contributed by atoms with Gasteiger partial charge in [-0.15, -0.1) is 0 Å². The van der Waals surface area contributed by atoms with Gasteiger partial charge in [0.25, 0.3) is 5.91 Å². The van der Waals surface area contributed by atoms with Crippen LogP contribution in [-0.2, 0) is 23.8 Å². The highest BCUT2D eigenvalue weighted by atomic mass is 16.6. The molecule has 1 aliphatic carbocycles. The van der Waals surface area contributed by atoms with E-state index in [2.05, 4.69) is 22.8 Å². The van der Waals surface area contributed by atoms with E-state index in [0.717, 1.165) is 22.3 Å². The summed E-state index contributed by atoms with van der Waals surface area (Å²) in [5.41, 5.74) is 4.54. The summed E-state index contributed by atoms with van der Waals surface area (Å²) in [6.45, 7) is 0.299. The monoisotopic (exact) mass is 454 g/mol. The van der Waals surface area contributed by atoms with E-state index >= 15 is 0 Å². The number of aliphatic carboxylic acids is 1. The van der Waals surface area contributed by atoms with Crippen LogP contribution in [0.3, 0.4) is 0 Å². The first-order valence-electron chi connectivity index (χ1n) is 10.8. The second-order valence-electron chi connectivity index (χ2n) is 7.89. The van der Waals surface area contributed by atoms with Crippen LogP contribution in [0.4, 0.5) is 4.79 Å². The van der Waals surface area contributed by atoms with E-state index in [1.54, 1.807) is 0 Å². The summed E-state index contributed by atoms with van der Waals surface area (Å²) < 4.78 is 15.9. The van der Waals surface area contributed by atoms with Crippen LogP contribution in [0, 0.1) is 0 Å². The number of fused-ring (bicyclic) bond motifs is 3. The zero-order valence-corrected chi connectivity index (χ0v) is 18.0. The fourth-order valence-electron chi connectivity index (χ4n) is 4.29. The van der Waals surface area contributed by atoms with Crippen LogP contribution in [0.1, 0.15) is 23.5 Å². The average Bonchev–Trinajstić information content (AvgIpc) is 3.39. The van der Waals surface area contributed by atoms with Gasteiger partial charge in [0.15, 0.2) is 6.10 Å². The Kier molecular flexibility index (Phi) is 7.21. The van der Waals surface area contributed by atoms with E-state index < -0.39 is 36.7 Å². The maximum Gasteiger partial charge on any atom is 0.407 e. The van der Waals surface area contributed by atoms with Gasteiger partial charge in [0.05, 0.1) is 12.6 Å². The number of hydrogen-bond donors (Lipinski definition) is 3. The molecule has 33 heavy (non-hydrogen) atoms. The Morgan fingerprint density at radius 1 is 1.03 bits per heavy atom. The Hall–Kier alpha value is -3.43. The first kappa shape index (κ1) is 22.8. The number of nitrogens with one attached hydrogen (secondary N) is 2. The molecule has 1 fully saturated rings. The molecule has 2 aromatic carbocycles. The summed E-state index contributed by atoms with van der Waals surface area (Å²) in [5.74, 6) is -1.52. The van der Waals surface area contributed by atoms with Gasteiger partial charge in [-0.1, -0.05) is 48.5 Å². The number of benzene rings is 2. The second kappa shape index (κ2) is 10.5. The van der Waals surface area contributed by atoms with Crippen molar-refractivity contribution in [3.05, 3.63) is 59.7 Å². The van der Waals surface area contributed by atoms with Crippen molar-refractivity contribution in [3.63, 3.8) is 0 Å². The molecular weight excluding hydrogens is 428 g/mol. The summed E-state index contributed by atoms with van der Waals surface area (Å²) in [5, 5.41) is 13.9. The van der Waals surface area contributed by atoms with Crippen molar-refractivity contribution in [2.24, 2.45) is 0 Å². The molecule has 1 aliphatic heterocycles. The first-order valence-corrected chi connectivity index (χ1v) is 10.8. The number of rotatable bonds is 9. The molecule has 1 heterocycles. The number of ether oxygens (including phenoxy) is 3. The Bertz CT molecular complexity index is 980. The van der Waals surface area contributed by atoms with Gasteiger partial charge in [0, 0.05) is 19.1 Å². The third-order valence-corrected chi connectivity index (χ3v) is 5.77. The minimum Gasteiger partial charge on any atom is -0.480 e. The van der Waals surface area contributed by atoms with Gasteiger partial charge in [-0.05, 0) is 28.7 Å². The summed E-state index contributed by atoms with van der Waals surface area (Å²) in [6, 6.07) is 15.7. The van der Waals surface area contributed by atoms with Gasteiger partial charge in [-0.2, -0.15) is 0 Å². The molecule has 0 radical (unpaired) electrons. The Balaban J connectivity index is 1.28. The lowest BCUT2D eigenvalue weighted by Crippen LogP contribution is -2.49. The molecule has 9 nitrogen and oxygen atoms in total. The van der Waals surface area contributed by atoms with Crippen LogP contribution in [-0.4, -0.2) is 68.2 Å². The SMILES string of the molecule is O=C(O)COCCNC(=O)[C@@H]1OCC[C@@H]1NC(=O)OCC1c2ccccc2-c2ccccc21. The van der Waals surface area contributed by atoms with Crippen molar-refractivity contribution in [1.29, 1.82) is 0 Å². The van der Waals surface area contributed by atoms with E-state index in [0.29, 0.717) is 13.0 Å². The van der Waals surface area contributed by atoms with Crippen LogP contribution in [0.2, 0.25) is 0 Å².